The fourth-order valence-electron chi connectivity index (χ4n) is 1.34. The van der Waals surface area contributed by atoms with Crippen molar-refractivity contribution in [3.05, 3.63) is 27.9 Å². The van der Waals surface area contributed by atoms with Gasteiger partial charge in [0.05, 0.1) is 27.7 Å². The van der Waals surface area contributed by atoms with E-state index < -0.39 is 5.97 Å². The van der Waals surface area contributed by atoms with Crippen LogP contribution in [-0.2, 0) is 11.2 Å². The minimum Gasteiger partial charge on any atom is -0.481 e. The molecule has 1 heterocycles. The van der Waals surface area contributed by atoms with Crippen LogP contribution in [0.5, 0.6) is 0 Å². The molecule has 2 N–H and O–H groups in total. The van der Waals surface area contributed by atoms with E-state index in [4.69, 9.17) is 28.3 Å². The molecule has 0 saturated carbocycles. The van der Waals surface area contributed by atoms with Gasteiger partial charge in [-0.15, -0.1) is 0 Å². The van der Waals surface area contributed by atoms with Crippen molar-refractivity contribution in [3.63, 3.8) is 0 Å². The smallest absolute Gasteiger partial charge is 0.309 e. The van der Waals surface area contributed by atoms with Gasteiger partial charge < -0.3 is 5.11 Å². The third-order valence-corrected chi connectivity index (χ3v) is 2.73. The van der Waals surface area contributed by atoms with Crippen LogP contribution in [0.3, 0.4) is 0 Å². The Morgan fingerprint density at radius 2 is 2.07 bits per heavy atom. The maximum absolute atomic E-state index is 10.6. The lowest BCUT2D eigenvalue weighted by Gasteiger charge is -1.96. The molecule has 2 rings (SSSR count). The molecule has 1 aromatic heterocycles. The van der Waals surface area contributed by atoms with E-state index in [1.807, 2.05) is 0 Å². The van der Waals surface area contributed by atoms with Crippen molar-refractivity contribution in [3.8, 4) is 0 Å². The Labute approximate surface area is 94.8 Å². The van der Waals surface area contributed by atoms with Crippen LogP contribution in [0.15, 0.2) is 12.1 Å². The molecule has 0 unspecified atom stereocenters. The zero-order chi connectivity index (χ0) is 11.0. The van der Waals surface area contributed by atoms with Gasteiger partial charge in [-0.3, -0.25) is 9.89 Å². The number of halogens is 2. The summed E-state index contributed by atoms with van der Waals surface area (Å²) in [5.41, 5.74) is 1.14. The van der Waals surface area contributed by atoms with Crippen LogP contribution >= 0.6 is 23.2 Å². The van der Waals surface area contributed by atoms with Gasteiger partial charge >= 0.3 is 5.97 Å². The number of rotatable bonds is 2. The lowest BCUT2D eigenvalue weighted by molar-refractivity contribution is -0.136. The Morgan fingerprint density at radius 1 is 1.40 bits per heavy atom. The third kappa shape index (κ3) is 1.91. The molecule has 78 valence electrons. The summed E-state index contributed by atoms with van der Waals surface area (Å²) in [5.74, 6) is -0.924. The summed E-state index contributed by atoms with van der Waals surface area (Å²) in [6.07, 6.45) is -0.117. The second-order valence-electron chi connectivity index (χ2n) is 3.06. The fraction of sp³-hybridized carbons (Fsp3) is 0.111. The summed E-state index contributed by atoms with van der Waals surface area (Å²) < 4.78 is 0. The van der Waals surface area contributed by atoms with Gasteiger partial charge in [-0.25, -0.2) is 0 Å². The molecule has 0 radical (unpaired) electrons. The molecule has 6 heteroatoms. The van der Waals surface area contributed by atoms with Gasteiger partial charge in [0.1, 0.15) is 0 Å². The number of carbonyl (C=O) groups is 1. The van der Waals surface area contributed by atoms with E-state index in [0.29, 0.717) is 26.6 Å². The molecule has 0 aliphatic rings. The van der Waals surface area contributed by atoms with Crippen molar-refractivity contribution in [2.24, 2.45) is 0 Å². The van der Waals surface area contributed by atoms with Gasteiger partial charge in [-0.05, 0) is 12.1 Å². The van der Waals surface area contributed by atoms with Gasteiger partial charge in [-0.1, -0.05) is 23.2 Å². The number of H-pyrrole nitrogens is 1. The first kappa shape index (κ1) is 10.3. The largest absolute Gasteiger partial charge is 0.481 e. The second-order valence-corrected chi connectivity index (χ2v) is 3.87. The molecule has 0 fully saturated rings. The average Bonchev–Trinajstić information content (AvgIpc) is 2.49. The number of aromatic nitrogens is 2. The van der Waals surface area contributed by atoms with Gasteiger partial charge in [0, 0.05) is 5.39 Å². The number of aliphatic carboxylic acids is 1. The van der Waals surface area contributed by atoms with E-state index in [1.54, 1.807) is 12.1 Å². The van der Waals surface area contributed by atoms with E-state index in [-0.39, 0.29) is 6.42 Å². The van der Waals surface area contributed by atoms with Crippen LogP contribution < -0.4 is 0 Å². The number of carboxylic acids is 1. The molecule has 1 aromatic carbocycles. The zero-order valence-corrected chi connectivity index (χ0v) is 8.93. The molecule has 0 aliphatic heterocycles. The number of carboxylic acid groups (broad SMARTS) is 1. The first-order valence-electron chi connectivity index (χ1n) is 4.11. The van der Waals surface area contributed by atoms with Crippen LogP contribution in [0.1, 0.15) is 5.69 Å². The first-order chi connectivity index (χ1) is 7.08. The Morgan fingerprint density at radius 3 is 2.73 bits per heavy atom. The summed E-state index contributed by atoms with van der Waals surface area (Å²) in [7, 11) is 0. The summed E-state index contributed by atoms with van der Waals surface area (Å²) in [6, 6.07) is 3.21. The minimum absolute atomic E-state index is 0.117. The Bertz CT molecular complexity index is 536. The molecular formula is C9H6Cl2N2O2. The Balaban J connectivity index is 2.59. The Kier molecular flexibility index (Phi) is 2.54. The van der Waals surface area contributed by atoms with Crippen molar-refractivity contribution in [1.82, 2.24) is 10.2 Å². The predicted molar refractivity (Wildman–Crippen MR) is 57.5 cm³/mol. The predicted octanol–water partition coefficient (Wildman–Crippen LogP) is 2.50. The number of hydrogen-bond donors (Lipinski definition) is 2. The topological polar surface area (TPSA) is 66.0 Å². The summed E-state index contributed by atoms with van der Waals surface area (Å²) >= 11 is 11.6. The third-order valence-electron chi connectivity index (χ3n) is 2.00. The maximum Gasteiger partial charge on any atom is 0.309 e. The number of benzene rings is 1. The van der Waals surface area contributed by atoms with Gasteiger partial charge in [-0.2, -0.15) is 5.10 Å². The van der Waals surface area contributed by atoms with Crippen molar-refractivity contribution >= 4 is 40.1 Å². The van der Waals surface area contributed by atoms with Gasteiger partial charge in [0.15, 0.2) is 0 Å². The summed E-state index contributed by atoms with van der Waals surface area (Å²) in [5, 5.41) is 16.7. The molecular weight excluding hydrogens is 239 g/mol. The molecule has 0 saturated heterocycles. The maximum atomic E-state index is 10.6. The first-order valence-corrected chi connectivity index (χ1v) is 4.87. The SMILES string of the molecule is O=C(O)Cc1[nH]nc2cc(Cl)c(Cl)cc12. The highest BCUT2D eigenvalue weighted by atomic mass is 35.5. The normalized spacial score (nSPS) is 10.8. The van der Waals surface area contributed by atoms with Crippen LogP contribution in [-0.4, -0.2) is 21.3 Å². The molecule has 0 spiro atoms. The number of nitrogens with zero attached hydrogens (tertiary/aromatic N) is 1. The van der Waals surface area contributed by atoms with Crippen molar-refractivity contribution in [1.29, 1.82) is 0 Å². The summed E-state index contributed by atoms with van der Waals surface area (Å²) in [6.45, 7) is 0. The molecule has 0 aliphatic carbocycles. The van der Waals surface area contributed by atoms with E-state index in [9.17, 15) is 4.79 Å². The summed E-state index contributed by atoms with van der Waals surface area (Å²) in [4.78, 5) is 10.6. The minimum atomic E-state index is -0.924. The lowest BCUT2D eigenvalue weighted by atomic mass is 10.2. The number of nitrogens with one attached hydrogen (secondary N) is 1. The van der Waals surface area contributed by atoms with E-state index >= 15 is 0 Å². The standard InChI is InChI=1S/C9H6Cl2N2O2/c10-5-1-4-7(2-6(5)11)12-13-8(4)3-9(14)15/h1-2H,3H2,(H,12,13)(H,14,15). The number of hydrogen-bond acceptors (Lipinski definition) is 2. The van der Waals surface area contributed by atoms with Crippen LogP contribution in [0.2, 0.25) is 10.0 Å². The van der Waals surface area contributed by atoms with E-state index in [2.05, 4.69) is 10.2 Å². The van der Waals surface area contributed by atoms with Crippen molar-refractivity contribution in [2.45, 2.75) is 6.42 Å². The molecule has 0 atom stereocenters. The highest BCUT2D eigenvalue weighted by Crippen LogP contribution is 2.28. The van der Waals surface area contributed by atoms with Crippen LogP contribution in [0.25, 0.3) is 10.9 Å². The quantitative estimate of drug-likeness (QED) is 0.854. The monoisotopic (exact) mass is 244 g/mol. The van der Waals surface area contributed by atoms with Crippen molar-refractivity contribution < 1.29 is 9.90 Å². The Hall–Kier alpha value is -1.26. The zero-order valence-electron chi connectivity index (χ0n) is 7.42. The number of fused-ring (bicyclic) bond motifs is 1. The van der Waals surface area contributed by atoms with E-state index in [1.165, 1.54) is 0 Å². The molecule has 4 nitrogen and oxygen atoms in total. The van der Waals surface area contributed by atoms with Crippen LogP contribution in [0, 0.1) is 0 Å². The molecule has 0 amide bonds. The molecule has 15 heavy (non-hydrogen) atoms. The van der Waals surface area contributed by atoms with Gasteiger partial charge in [0.25, 0.3) is 0 Å². The van der Waals surface area contributed by atoms with Crippen LogP contribution in [0.4, 0.5) is 0 Å². The highest BCUT2D eigenvalue weighted by molar-refractivity contribution is 6.42. The van der Waals surface area contributed by atoms with E-state index in [0.717, 1.165) is 0 Å². The molecule has 0 bridgehead atoms. The van der Waals surface area contributed by atoms with Crippen molar-refractivity contribution in [2.75, 3.05) is 0 Å². The van der Waals surface area contributed by atoms with Gasteiger partial charge in [0.2, 0.25) is 0 Å². The second kappa shape index (κ2) is 3.72. The molecule has 2 aromatic rings. The lowest BCUT2D eigenvalue weighted by Crippen LogP contribution is -2.00. The fourth-order valence-corrected chi connectivity index (χ4v) is 1.67. The highest BCUT2D eigenvalue weighted by Gasteiger charge is 2.11. The number of aromatic amines is 1. The average molecular weight is 245 g/mol.